The molecule has 0 radical (unpaired) electrons. The molecule has 2 atom stereocenters. The summed E-state index contributed by atoms with van der Waals surface area (Å²) in [5.41, 5.74) is 1.62. The number of halogens is 1. The van der Waals surface area contributed by atoms with E-state index in [0.717, 1.165) is 11.3 Å². The zero-order valence-electron chi connectivity index (χ0n) is 17.9. The summed E-state index contributed by atoms with van der Waals surface area (Å²) >= 11 is 0. The second kappa shape index (κ2) is 11.2. The number of alkyl halides is 1. The molecule has 5 nitrogen and oxygen atoms in total. The van der Waals surface area contributed by atoms with Crippen molar-refractivity contribution in [3.05, 3.63) is 59.2 Å². The number of rotatable bonds is 10. The summed E-state index contributed by atoms with van der Waals surface area (Å²) < 4.78 is 24.9. The molecule has 0 heterocycles. The van der Waals surface area contributed by atoms with Crippen LogP contribution in [0.2, 0.25) is 0 Å². The fourth-order valence-corrected chi connectivity index (χ4v) is 3.08. The summed E-state index contributed by atoms with van der Waals surface area (Å²) in [6.07, 6.45) is -0.791. The van der Waals surface area contributed by atoms with Gasteiger partial charge in [0.25, 0.3) is 5.91 Å². The topological polar surface area (TPSA) is 71.3 Å². The van der Waals surface area contributed by atoms with E-state index in [1.165, 1.54) is 19.1 Å². The first-order valence-corrected chi connectivity index (χ1v) is 10.1. The lowest BCUT2D eigenvalue weighted by atomic mass is 10.0. The summed E-state index contributed by atoms with van der Waals surface area (Å²) in [6.45, 7) is 5.87. The van der Waals surface area contributed by atoms with Gasteiger partial charge >= 0.3 is 0 Å². The lowest BCUT2D eigenvalue weighted by Gasteiger charge is -2.21. The highest BCUT2D eigenvalue weighted by Gasteiger charge is 2.22. The predicted octanol–water partition coefficient (Wildman–Crippen LogP) is 4.75. The summed E-state index contributed by atoms with van der Waals surface area (Å²) in [5, 5.41) is 12.1. The van der Waals surface area contributed by atoms with Crippen LogP contribution in [-0.2, 0) is 11.2 Å². The number of ether oxygens (including phenoxy) is 2. The predicted molar refractivity (Wildman–Crippen MR) is 114 cm³/mol. The molecular formula is C24H29FN2O3. The lowest BCUT2D eigenvalue weighted by molar-refractivity contribution is -0.128. The zero-order valence-corrected chi connectivity index (χ0v) is 17.9. The molecule has 0 aromatic heterocycles. The van der Waals surface area contributed by atoms with Crippen LogP contribution in [0.15, 0.2) is 42.5 Å². The van der Waals surface area contributed by atoms with Gasteiger partial charge in [-0.1, -0.05) is 26.0 Å². The van der Waals surface area contributed by atoms with Crippen LogP contribution in [0.3, 0.4) is 0 Å². The number of benzene rings is 2. The third-order valence-electron chi connectivity index (χ3n) is 4.70. The quantitative estimate of drug-likeness (QED) is 0.611. The van der Waals surface area contributed by atoms with Crippen molar-refractivity contribution in [2.75, 3.05) is 13.7 Å². The number of methoxy groups -OCH3 is 1. The smallest absolute Gasteiger partial charge is 0.261 e. The molecule has 160 valence electrons. The van der Waals surface area contributed by atoms with Crippen molar-refractivity contribution in [1.82, 2.24) is 5.32 Å². The minimum absolute atomic E-state index is 0.212. The van der Waals surface area contributed by atoms with Gasteiger partial charge in [0.05, 0.1) is 18.7 Å². The van der Waals surface area contributed by atoms with E-state index in [0.29, 0.717) is 25.1 Å². The van der Waals surface area contributed by atoms with E-state index in [1.54, 1.807) is 13.2 Å². The van der Waals surface area contributed by atoms with Crippen LogP contribution in [0.4, 0.5) is 4.39 Å². The van der Waals surface area contributed by atoms with Gasteiger partial charge in [-0.25, -0.2) is 4.39 Å². The number of carbonyl (C=O) groups is 1. The van der Waals surface area contributed by atoms with Crippen molar-refractivity contribution < 1.29 is 18.7 Å². The molecule has 0 bridgehead atoms. The molecule has 6 heteroatoms. The standard InChI is InChI=1S/C24H29FN2O3/c1-16(2)13-23(30-21-10-7-19(15-26)22(14-21)17(3)25)24(28)27-12-11-18-5-8-20(29-4)9-6-18/h5-10,14,16-17,23H,11-13H2,1-4H3,(H,27,28). The van der Waals surface area contributed by atoms with Crippen LogP contribution in [0.1, 0.15) is 50.1 Å². The fourth-order valence-electron chi connectivity index (χ4n) is 3.08. The van der Waals surface area contributed by atoms with Crippen LogP contribution in [0, 0.1) is 17.2 Å². The highest BCUT2D eigenvalue weighted by atomic mass is 19.1. The molecule has 0 aliphatic rings. The Labute approximate surface area is 177 Å². The first-order chi connectivity index (χ1) is 14.3. The molecule has 0 saturated heterocycles. The number of carbonyl (C=O) groups excluding carboxylic acids is 1. The molecular weight excluding hydrogens is 383 g/mol. The van der Waals surface area contributed by atoms with Crippen LogP contribution < -0.4 is 14.8 Å². The molecule has 30 heavy (non-hydrogen) atoms. The maximum absolute atomic E-state index is 13.8. The molecule has 2 aromatic carbocycles. The summed E-state index contributed by atoms with van der Waals surface area (Å²) in [6, 6.07) is 14.3. The first-order valence-electron chi connectivity index (χ1n) is 10.1. The largest absolute Gasteiger partial charge is 0.497 e. The van der Waals surface area contributed by atoms with E-state index in [-0.39, 0.29) is 23.0 Å². The molecule has 2 unspecified atom stereocenters. The van der Waals surface area contributed by atoms with Crippen molar-refractivity contribution >= 4 is 5.91 Å². The van der Waals surface area contributed by atoms with E-state index in [9.17, 15) is 9.18 Å². The van der Waals surface area contributed by atoms with E-state index in [4.69, 9.17) is 14.7 Å². The number of nitriles is 1. The van der Waals surface area contributed by atoms with Crippen molar-refractivity contribution in [1.29, 1.82) is 5.26 Å². The molecule has 0 fully saturated rings. The second-order valence-corrected chi connectivity index (χ2v) is 7.60. The number of amides is 1. The first kappa shape index (κ1) is 23.2. The number of hydrogen-bond acceptors (Lipinski definition) is 4. The Kier molecular flexibility index (Phi) is 8.67. The van der Waals surface area contributed by atoms with Gasteiger partial charge < -0.3 is 14.8 Å². The fraction of sp³-hybridized carbons (Fsp3) is 0.417. The molecule has 2 rings (SSSR count). The van der Waals surface area contributed by atoms with Crippen molar-refractivity contribution in [2.24, 2.45) is 5.92 Å². The molecule has 0 saturated carbocycles. The lowest BCUT2D eigenvalue weighted by Crippen LogP contribution is -2.40. The van der Waals surface area contributed by atoms with Gasteiger partial charge in [0.15, 0.2) is 6.10 Å². The Balaban J connectivity index is 2.02. The summed E-state index contributed by atoms with van der Waals surface area (Å²) in [7, 11) is 1.62. The Morgan fingerprint density at radius 1 is 1.13 bits per heavy atom. The third kappa shape index (κ3) is 6.77. The summed E-state index contributed by atoms with van der Waals surface area (Å²) in [5.74, 6) is 1.19. The van der Waals surface area contributed by atoms with Crippen LogP contribution in [0.25, 0.3) is 0 Å². The third-order valence-corrected chi connectivity index (χ3v) is 4.70. The van der Waals surface area contributed by atoms with Crippen molar-refractivity contribution in [3.63, 3.8) is 0 Å². The van der Waals surface area contributed by atoms with Gasteiger partial charge in [0.1, 0.15) is 17.7 Å². The highest BCUT2D eigenvalue weighted by Crippen LogP contribution is 2.27. The van der Waals surface area contributed by atoms with Crippen LogP contribution >= 0.6 is 0 Å². The van der Waals surface area contributed by atoms with Crippen LogP contribution in [0.5, 0.6) is 11.5 Å². The molecule has 2 aromatic rings. The molecule has 0 spiro atoms. The summed E-state index contributed by atoms with van der Waals surface area (Å²) in [4.78, 5) is 12.7. The monoisotopic (exact) mass is 412 g/mol. The van der Waals surface area contributed by atoms with Crippen LogP contribution in [-0.4, -0.2) is 25.7 Å². The highest BCUT2D eigenvalue weighted by molar-refractivity contribution is 5.81. The van der Waals surface area contributed by atoms with Gasteiger partial charge in [-0.2, -0.15) is 5.26 Å². The van der Waals surface area contributed by atoms with Gasteiger partial charge in [-0.15, -0.1) is 0 Å². The number of nitrogens with one attached hydrogen (secondary N) is 1. The average Bonchev–Trinajstić information content (AvgIpc) is 2.73. The maximum Gasteiger partial charge on any atom is 0.261 e. The number of nitrogens with zero attached hydrogens (tertiary/aromatic N) is 1. The van der Waals surface area contributed by atoms with E-state index < -0.39 is 12.3 Å². The van der Waals surface area contributed by atoms with E-state index >= 15 is 0 Å². The van der Waals surface area contributed by atoms with Crippen molar-refractivity contribution in [3.8, 4) is 17.6 Å². The minimum atomic E-state index is -1.30. The van der Waals surface area contributed by atoms with Crippen molar-refractivity contribution in [2.45, 2.75) is 45.9 Å². The Bertz CT molecular complexity index is 873. The van der Waals surface area contributed by atoms with Gasteiger partial charge in [-0.3, -0.25) is 4.79 Å². The Morgan fingerprint density at radius 2 is 1.80 bits per heavy atom. The average molecular weight is 413 g/mol. The number of hydrogen-bond donors (Lipinski definition) is 1. The SMILES string of the molecule is COc1ccc(CCNC(=O)C(CC(C)C)Oc2ccc(C#N)c(C(C)F)c2)cc1. The molecule has 1 amide bonds. The van der Waals surface area contributed by atoms with Gasteiger partial charge in [-0.05, 0) is 61.6 Å². The normalized spacial score (nSPS) is 12.7. The minimum Gasteiger partial charge on any atom is -0.497 e. The van der Waals surface area contributed by atoms with E-state index in [1.807, 2.05) is 44.2 Å². The van der Waals surface area contributed by atoms with Gasteiger partial charge in [0.2, 0.25) is 0 Å². The maximum atomic E-state index is 13.8. The Hall–Kier alpha value is -3.07. The molecule has 0 aliphatic carbocycles. The molecule has 1 N–H and O–H groups in total. The zero-order chi connectivity index (χ0) is 22.1. The van der Waals surface area contributed by atoms with E-state index in [2.05, 4.69) is 5.32 Å². The van der Waals surface area contributed by atoms with Gasteiger partial charge in [0, 0.05) is 12.1 Å². The Morgan fingerprint density at radius 3 is 2.37 bits per heavy atom. The second-order valence-electron chi connectivity index (χ2n) is 7.60. The molecule has 0 aliphatic heterocycles.